The molecule has 1 heterocycles. The zero-order valence-electron chi connectivity index (χ0n) is 9.62. The van der Waals surface area contributed by atoms with E-state index in [0.717, 1.165) is 6.42 Å². The third kappa shape index (κ3) is 3.01. The molecule has 0 atom stereocenters. The van der Waals surface area contributed by atoms with Crippen LogP contribution in [-0.2, 0) is 6.42 Å². The maximum Gasteiger partial charge on any atom is 0.200 e. The second-order valence-electron chi connectivity index (χ2n) is 3.66. The van der Waals surface area contributed by atoms with Gasteiger partial charge in [-0.15, -0.1) is 0 Å². The number of hydrogen-bond donors (Lipinski definition) is 4. The van der Waals surface area contributed by atoms with Crippen LogP contribution >= 0.6 is 0 Å². The Balaban J connectivity index is 2.43. The number of hydrogen-bond acceptors (Lipinski definition) is 2. The van der Waals surface area contributed by atoms with Crippen molar-refractivity contribution in [2.75, 3.05) is 20.6 Å². The molecule has 0 amide bonds. The lowest BCUT2D eigenvalue weighted by Crippen LogP contribution is -2.46. The smallest absolute Gasteiger partial charge is 0.200 e. The molecule has 0 radical (unpaired) electrons. The van der Waals surface area contributed by atoms with Gasteiger partial charge in [-0.2, -0.15) is 0 Å². The standard InChI is InChI=1S/C10H18N6/c1-15(10(13)16(2)9(11)12)6-4-8-3-5-14-7-8/h3,5,7,13-14H,4,6H2,1-2H3,(H3,11,12). The van der Waals surface area contributed by atoms with Crippen molar-refractivity contribution in [1.82, 2.24) is 14.8 Å². The van der Waals surface area contributed by atoms with E-state index in [-0.39, 0.29) is 11.9 Å². The Hall–Kier alpha value is -1.98. The molecule has 0 saturated heterocycles. The summed E-state index contributed by atoms with van der Waals surface area (Å²) in [6.07, 6.45) is 4.67. The Labute approximate surface area is 95.1 Å². The van der Waals surface area contributed by atoms with E-state index in [1.807, 2.05) is 25.5 Å². The first-order valence-electron chi connectivity index (χ1n) is 5.01. The summed E-state index contributed by atoms with van der Waals surface area (Å²) in [7, 11) is 3.42. The molecule has 1 aromatic heterocycles. The van der Waals surface area contributed by atoms with Gasteiger partial charge in [0.05, 0.1) is 0 Å². The van der Waals surface area contributed by atoms with Crippen molar-refractivity contribution >= 4 is 11.9 Å². The van der Waals surface area contributed by atoms with E-state index in [9.17, 15) is 0 Å². The summed E-state index contributed by atoms with van der Waals surface area (Å²) < 4.78 is 0. The molecule has 0 aliphatic rings. The minimum atomic E-state index is -0.126. The summed E-state index contributed by atoms with van der Waals surface area (Å²) in [6.45, 7) is 0.717. The van der Waals surface area contributed by atoms with Gasteiger partial charge < -0.3 is 15.6 Å². The molecule has 0 bridgehead atoms. The maximum atomic E-state index is 7.78. The van der Waals surface area contributed by atoms with Crippen LogP contribution in [0.25, 0.3) is 0 Å². The number of nitrogens with one attached hydrogen (secondary N) is 3. The van der Waals surface area contributed by atoms with E-state index in [0.29, 0.717) is 6.54 Å². The van der Waals surface area contributed by atoms with Crippen molar-refractivity contribution in [2.45, 2.75) is 6.42 Å². The number of H-pyrrole nitrogens is 1. The van der Waals surface area contributed by atoms with Crippen molar-refractivity contribution in [2.24, 2.45) is 5.73 Å². The molecular weight excluding hydrogens is 204 g/mol. The first-order chi connectivity index (χ1) is 7.52. The van der Waals surface area contributed by atoms with Gasteiger partial charge in [0, 0.05) is 33.0 Å². The van der Waals surface area contributed by atoms with Crippen LogP contribution < -0.4 is 5.73 Å². The van der Waals surface area contributed by atoms with Crippen molar-refractivity contribution in [3.8, 4) is 0 Å². The molecule has 0 unspecified atom stereocenters. The third-order valence-electron chi connectivity index (χ3n) is 2.44. The fourth-order valence-electron chi connectivity index (χ4n) is 1.29. The predicted molar refractivity (Wildman–Crippen MR) is 64.5 cm³/mol. The highest BCUT2D eigenvalue weighted by Crippen LogP contribution is 2.00. The Morgan fingerprint density at radius 2 is 2.12 bits per heavy atom. The SMILES string of the molecule is CN(CCc1cc[nH]c1)C(=N)N(C)C(=N)N. The average Bonchev–Trinajstić information content (AvgIpc) is 2.76. The van der Waals surface area contributed by atoms with Crippen LogP contribution in [0.2, 0.25) is 0 Å². The lowest BCUT2D eigenvalue weighted by atomic mass is 10.2. The largest absolute Gasteiger partial charge is 0.370 e. The fraction of sp³-hybridized carbons (Fsp3) is 0.400. The molecule has 5 N–H and O–H groups in total. The van der Waals surface area contributed by atoms with E-state index in [1.165, 1.54) is 10.5 Å². The van der Waals surface area contributed by atoms with Crippen LogP contribution in [0, 0.1) is 10.8 Å². The summed E-state index contributed by atoms with van der Waals surface area (Å²) in [5.41, 5.74) is 6.50. The number of aromatic nitrogens is 1. The first-order valence-corrected chi connectivity index (χ1v) is 5.01. The fourth-order valence-corrected chi connectivity index (χ4v) is 1.29. The highest BCUT2D eigenvalue weighted by atomic mass is 15.4. The highest BCUT2D eigenvalue weighted by Gasteiger charge is 2.11. The molecule has 16 heavy (non-hydrogen) atoms. The number of nitrogens with zero attached hydrogens (tertiary/aromatic N) is 2. The second-order valence-corrected chi connectivity index (χ2v) is 3.66. The number of rotatable bonds is 3. The molecule has 0 saturated carbocycles. The van der Waals surface area contributed by atoms with E-state index in [2.05, 4.69) is 4.98 Å². The topological polar surface area (TPSA) is 96.0 Å². The monoisotopic (exact) mass is 222 g/mol. The molecule has 6 nitrogen and oxygen atoms in total. The predicted octanol–water partition coefficient (Wildman–Crippen LogP) is 0.249. The van der Waals surface area contributed by atoms with Gasteiger partial charge in [0.1, 0.15) is 0 Å². The van der Waals surface area contributed by atoms with Crippen molar-refractivity contribution in [3.05, 3.63) is 24.0 Å². The average molecular weight is 222 g/mol. The van der Waals surface area contributed by atoms with Gasteiger partial charge in [-0.25, -0.2) is 0 Å². The van der Waals surface area contributed by atoms with Crippen LogP contribution in [0.5, 0.6) is 0 Å². The molecule has 0 fully saturated rings. The quantitative estimate of drug-likeness (QED) is 0.436. The second kappa shape index (κ2) is 5.20. The van der Waals surface area contributed by atoms with E-state index < -0.39 is 0 Å². The minimum Gasteiger partial charge on any atom is -0.370 e. The zero-order chi connectivity index (χ0) is 12.1. The van der Waals surface area contributed by atoms with Gasteiger partial charge in [-0.3, -0.25) is 15.7 Å². The number of likely N-dealkylation sites (N-methyl/N-ethyl adjacent to an activating group) is 1. The Bertz CT molecular complexity index is 355. The molecular formula is C10H18N6. The Morgan fingerprint density at radius 3 is 2.62 bits per heavy atom. The summed E-state index contributed by atoms with van der Waals surface area (Å²) in [5, 5.41) is 15.0. The lowest BCUT2D eigenvalue weighted by molar-refractivity contribution is 0.449. The van der Waals surface area contributed by atoms with Crippen LogP contribution in [0.3, 0.4) is 0 Å². The Kier molecular flexibility index (Phi) is 3.93. The number of guanidine groups is 2. The van der Waals surface area contributed by atoms with Crippen LogP contribution in [0.1, 0.15) is 5.56 Å². The first kappa shape index (κ1) is 12.1. The van der Waals surface area contributed by atoms with Crippen molar-refractivity contribution in [1.29, 1.82) is 10.8 Å². The van der Waals surface area contributed by atoms with Crippen molar-refractivity contribution in [3.63, 3.8) is 0 Å². The summed E-state index contributed by atoms with van der Waals surface area (Å²) in [4.78, 5) is 6.08. The number of aromatic amines is 1. The van der Waals surface area contributed by atoms with Crippen LogP contribution in [-0.4, -0.2) is 47.3 Å². The Morgan fingerprint density at radius 1 is 1.44 bits per heavy atom. The van der Waals surface area contributed by atoms with E-state index in [1.54, 1.807) is 11.9 Å². The van der Waals surface area contributed by atoms with Gasteiger partial charge in [-0.1, -0.05) is 0 Å². The summed E-state index contributed by atoms with van der Waals surface area (Å²) >= 11 is 0. The van der Waals surface area contributed by atoms with Crippen molar-refractivity contribution < 1.29 is 0 Å². The van der Waals surface area contributed by atoms with Crippen LogP contribution in [0.15, 0.2) is 18.5 Å². The van der Waals surface area contributed by atoms with Crippen LogP contribution in [0.4, 0.5) is 0 Å². The number of nitrogens with two attached hydrogens (primary N) is 1. The maximum absolute atomic E-state index is 7.78. The lowest BCUT2D eigenvalue weighted by Gasteiger charge is -2.26. The molecule has 88 valence electrons. The molecule has 0 aliphatic carbocycles. The van der Waals surface area contributed by atoms with E-state index in [4.69, 9.17) is 16.6 Å². The molecule has 1 aromatic rings. The third-order valence-corrected chi connectivity index (χ3v) is 2.44. The normalized spacial score (nSPS) is 9.88. The highest BCUT2D eigenvalue weighted by molar-refractivity contribution is 5.94. The molecule has 0 aromatic carbocycles. The van der Waals surface area contributed by atoms with Gasteiger partial charge in [0.15, 0.2) is 11.9 Å². The van der Waals surface area contributed by atoms with Gasteiger partial charge in [0.25, 0.3) is 0 Å². The summed E-state index contributed by atoms with van der Waals surface area (Å²) in [5.74, 6) is 0.0986. The van der Waals surface area contributed by atoms with Gasteiger partial charge in [0.2, 0.25) is 0 Å². The summed E-state index contributed by atoms with van der Waals surface area (Å²) in [6, 6.07) is 2.01. The zero-order valence-corrected chi connectivity index (χ0v) is 9.62. The molecule has 0 aliphatic heterocycles. The molecule has 6 heteroatoms. The molecule has 1 rings (SSSR count). The van der Waals surface area contributed by atoms with Gasteiger partial charge in [-0.05, 0) is 18.1 Å². The molecule has 0 spiro atoms. The minimum absolute atomic E-state index is 0.126. The van der Waals surface area contributed by atoms with Gasteiger partial charge >= 0.3 is 0 Å². The van der Waals surface area contributed by atoms with E-state index >= 15 is 0 Å².